The summed E-state index contributed by atoms with van der Waals surface area (Å²) in [5.74, 6) is 6.88. The van der Waals surface area contributed by atoms with Gasteiger partial charge in [-0.05, 0) is 67.7 Å². The molecule has 1 fully saturated rings. The van der Waals surface area contributed by atoms with E-state index in [2.05, 4.69) is 27.1 Å². The lowest BCUT2D eigenvalue weighted by molar-refractivity contribution is 0.0694. The molecule has 1 aliphatic heterocycles. The Bertz CT molecular complexity index is 1790. The first-order valence-electron chi connectivity index (χ1n) is 13.5. The number of halogens is 1. The van der Waals surface area contributed by atoms with E-state index in [4.69, 9.17) is 20.9 Å². The maximum Gasteiger partial charge on any atom is 0.341 e. The zero-order chi connectivity index (χ0) is 29.8. The molecule has 2 aromatic carbocycles. The molecule has 0 unspecified atom stereocenters. The SMILES string of the molecule is COc1cc(Cc2cnc(N)nc2N)cc(C#Cc2ccc3c(=O)c(C(=O)O)cn(CC4CCNCC4)c3c2)c1OC.Cl. The van der Waals surface area contributed by atoms with Crippen LogP contribution in [0.25, 0.3) is 10.9 Å². The van der Waals surface area contributed by atoms with Gasteiger partial charge in [-0.3, -0.25) is 4.79 Å². The first-order valence-corrected chi connectivity index (χ1v) is 13.5. The third-order valence-corrected chi connectivity index (χ3v) is 7.42. The minimum absolute atomic E-state index is 0. The molecule has 1 aliphatic rings. The number of fused-ring (bicyclic) bond motifs is 1. The van der Waals surface area contributed by atoms with Gasteiger partial charge in [0, 0.05) is 41.9 Å². The van der Waals surface area contributed by atoms with Crippen molar-refractivity contribution in [2.45, 2.75) is 25.8 Å². The molecule has 12 heteroatoms. The molecule has 4 aromatic rings. The number of anilines is 2. The van der Waals surface area contributed by atoms with Crippen molar-refractivity contribution in [3.8, 4) is 23.3 Å². The molecule has 0 amide bonds. The fraction of sp³-hybridized carbons (Fsp3) is 0.290. The zero-order valence-electron chi connectivity index (χ0n) is 23.8. The van der Waals surface area contributed by atoms with Gasteiger partial charge >= 0.3 is 5.97 Å². The van der Waals surface area contributed by atoms with E-state index in [0.717, 1.165) is 31.5 Å². The van der Waals surface area contributed by atoms with E-state index in [1.54, 1.807) is 32.5 Å². The number of methoxy groups -OCH3 is 2. The van der Waals surface area contributed by atoms with Crippen LogP contribution in [0, 0.1) is 17.8 Å². The lowest BCUT2D eigenvalue weighted by Crippen LogP contribution is -2.30. The molecule has 5 rings (SSSR count). The lowest BCUT2D eigenvalue weighted by Gasteiger charge is -2.24. The number of nitrogens with two attached hydrogens (primary N) is 2. The van der Waals surface area contributed by atoms with Crippen molar-refractivity contribution in [3.63, 3.8) is 0 Å². The number of rotatable bonds is 7. The fourth-order valence-corrected chi connectivity index (χ4v) is 5.26. The number of aromatic nitrogens is 3. The highest BCUT2D eigenvalue weighted by molar-refractivity contribution is 5.93. The molecular weight excluding hydrogens is 572 g/mol. The summed E-state index contributed by atoms with van der Waals surface area (Å²) in [6.45, 7) is 2.43. The number of hydrogen-bond acceptors (Lipinski definition) is 9. The van der Waals surface area contributed by atoms with Crippen LogP contribution >= 0.6 is 12.4 Å². The number of hydrogen-bond donors (Lipinski definition) is 4. The van der Waals surface area contributed by atoms with Crippen molar-refractivity contribution in [2.75, 3.05) is 38.8 Å². The van der Waals surface area contributed by atoms with Gasteiger partial charge in [-0.2, -0.15) is 4.98 Å². The molecular formula is C31H33ClN6O5. The Morgan fingerprint density at radius 3 is 2.58 bits per heavy atom. The van der Waals surface area contributed by atoms with Gasteiger partial charge in [0.1, 0.15) is 11.4 Å². The van der Waals surface area contributed by atoms with Crippen molar-refractivity contribution in [2.24, 2.45) is 5.92 Å². The van der Waals surface area contributed by atoms with Crippen molar-refractivity contribution >= 4 is 41.0 Å². The molecule has 0 saturated carbocycles. The summed E-state index contributed by atoms with van der Waals surface area (Å²) in [5.41, 5.74) is 14.4. The van der Waals surface area contributed by atoms with Crippen LogP contribution in [0.5, 0.6) is 11.5 Å². The molecule has 2 aromatic heterocycles. The van der Waals surface area contributed by atoms with E-state index in [1.165, 1.54) is 6.20 Å². The van der Waals surface area contributed by atoms with Gasteiger partial charge in [-0.1, -0.05) is 11.8 Å². The molecule has 11 nitrogen and oxygen atoms in total. The van der Waals surface area contributed by atoms with Crippen molar-refractivity contribution in [1.82, 2.24) is 19.9 Å². The Balaban J connectivity index is 0.00000423. The van der Waals surface area contributed by atoms with Gasteiger partial charge in [0.15, 0.2) is 11.5 Å². The number of carboxylic acids is 1. The summed E-state index contributed by atoms with van der Waals surface area (Å²) in [6, 6.07) is 8.92. The Morgan fingerprint density at radius 2 is 1.91 bits per heavy atom. The summed E-state index contributed by atoms with van der Waals surface area (Å²) >= 11 is 0. The van der Waals surface area contributed by atoms with Gasteiger partial charge in [-0.25, -0.2) is 9.78 Å². The molecule has 0 bridgehead atoms. The highest BCUT2D eigenvalue weighted by Crippen LogP contribution is 2.33. The zero-order valence-corrected chi connectivity index (χ0v) is 24.7. The summed E-state index contributed by atoms with van der Waals surface area (Å²) in [6.07, 6.45) is 5.42. The minimum Gasteiger partial charge on any atom is -0.493 e. The Labute approximate surface area is 254 Å². The average molecular weight is 605 g/mol. The number of carboxylic acid groups (broad SMARTS) is 1. The summed E-state index contributed by atoms with van der Waals surface area (Å²) in [7, 11) is 3.10. The quantitative estimate of drug-likeness (QED) is 0.230. The largest absolute Gasteiger partial charge is 0.493 e. The number of nitrogen functional groups attached to an aromatic ring is 2. The van der Waals surface area contributed by atoms with E-state index in [-0.39, 0.29) is 23.9 Å². The molecule has 3 heterocycles. The minimum atomic E-state index is -1.24. The molecule has 0 spiro atoms. The molecule has 0 aliphatic carbocycles. The van der Waals surface area contributed by atoms with Crippen LogP contribution in [-0.4, -0.2) is 52.9 Å². The fourth-order valence-electron chi connectivity index (χ4n) is 5.26. The Kier molecular flexibility index (Phi) is 9.75. The second-order valence-corrected chi connectivity index (χ2v) is 10.2. The van der Waals surface area contributed by atoms with Crippen LogP contribution in [-0.2, 0) is 13.0 Å². The predicted molar refractivity (Wildman–Crippen MR) is 167 cm³/mol. The van der Waals surface area contributed by atoms with Gasteiger partial charge < -0.3 is 35.9 Å². The number of benzene rings is 2. The van der Waals surface area contributed by atoms with Crippen LogP contribution < -0.4 is 31.7 Å². The normalized spacial score (nSPS) is 13.1. The van der Waals surface area contributed by atoms with Crippen LogP contribution in [0.15, 0.2) is 47.5 Å². The molecule has 6 N–H and O–H groups in total. The maximum atomic E-state index is 13.0. The summed E-state index contributed by atoms with van der Waals surface area (Å²) in [4.78, 5) is 32.9. The second kappa shape index (κ2) is 13.5. The maximum absolute atomic E-state index is 13.0. The van der Waals surface area contributed by atoms with Crippen LogP contribution in [0.4, 0.5) is 11.8 Å². The molecule has 43 heavy (non-hydrogen) atoms. The number of pyridine rings is 1. The first kappa shape index (κ1) is 31.2. The van der Waals surface area contributed by atoms with E-state index >= 15 is 0 Å². The van der Waals surface area contributed by atoms with E-state index < -0.39 is 11.4 Å². The average Bonchev–Trinajstić information content (AvgIpc) is 2.98. The third kappa shape index (κ3) is 6.83. The molecule has 0 radical (unpaired) electrons. The topological polar surface area (TPSA) is 168 Å². The molecule has 1 saturated heterocycles. The van der Waals surface area contributed by atoms with Gasteiger partial charge in [0.2, 0.25) is 11.4 Å². The molecule has 0 atom stereocenters. The van der Waals surface area contributed by atoms with Crippen molar-refractivity contribution in [1.29, 1.82) is 0 Å². The van der Waals surface area contributed by atoms with Gasteiger partial charge in [-0.15, -0.1) is 12.4 Å². The van der Waals surface area contributed by atoms with E-state index in [1.807, 2.05) is 22.8 Å². The van der Waals surface area contributed by atoms with Crippen molar-refractivity contribution < 1.29 is 19.4 Å². The lowest BCUT2D eigenvalue weighted by atomic mass is 9.97. The van der Waals surface area contributed by atoms with E-state index in [0.29, 0.717) is 63.8 Å². The third-order valence-electron chi connectivity index (χ3n) is 7.42. The predicted octanol–water partition coefficient (Wildman–Crippen LogP) is 3.08. The summed E-state index contributed by atoms with van der Waals surface area (Å²) in [5, 5.41) is 13.4. The van der Waals surface area contributed by atoms with Crippen LogP contribution in [0.2, 0.25) is 0 Å². The van der Waals surface area contributed by atoms with Gasteiger partial charge in [0.05, 0.1) is 25.3 Å². The highest BCUT2D eigenvalue weighted by atomic mass is 35.5. The second-order valence-electron chi connectivity index (χ2n) is 10.2. The van der Waals surface area contributed by atoms with Gasteiger partial charge in [0.25, 0.3) is 0 Å². The van der Waals surface area contributed by atoms with E-state index in [9.17, 15) is 14.7 Å². The number of nitrogens with zero attached hydrogens (tertiary/aromatic N) is 3. The van der Waals surface area contributed by atoms with Crippen molar-refractivity contribution in [3.05, 3.63) is 80.8 Å². The number of ether oxygens (including phenoxy) is 2. The number of piperidine rings is 1. The molecule has 224 valence electrons. The smallest absolute Gasteiger partial charge is 0.341 e. The standard InChI is InChI=1S/C31H32N6O5.ClH/c1-41-26-14-20(12-22-15-35-31(33)36-29(22)32)11-21(28(26)42-2)5-3-18-4-6-23-25(13-18)37(16-19-7-9-34-10-8-19)17-24(27(23)38)30(39)40;/h4,6,11,13-15,17,19,34H,7-10,12,16H2,1-2H3,(H,39,40)(H4,32,33,35,36);1H. The Morgan fingerprint density at radius 1 is 1.14 bits per heavy atom. The highest BCUT2D eigenvalue weighted by Gasteiger charge is 2.19. The monoisotopic (exact) mass is 604 g/mol. The number of nitrogens with one attached hydrogen (secondary N) is 1. The number of aromatic carboxylic acids is 1. The Hall–Kier alpha value is -4.79. The summed E-state index contributed by atoms with van der Waals surface area (Å²) < 4.78 is 13.1. The first-order chi connectivity index (χ1) is 20.3. The van der Waals surface area contributed by atoms with Crippen LogP contribution in [0.3, 0.4) is 0 Å². The number of carbonyl (C=O) groups is 1. The van der Waals surface area contributed by atoms with Crippen LogP contribution in [0.1, 0.15) is 45.5 Å².